The van der Waals surface area contributed by atoms with Crippen LogP contribution in [0.2, 0.25) is 0 Å². The van der Waals surface area contributed by atoms with Gasteiger partial charge in [-0.1, -0.05) is 0 Å². The third-order valence-corrected chi connectivity index (χ3v) is 1.58. The largest absolute Gasteiger partial charge is 0.293 e. The molecule has 0 saturated heterocycles. The van der Waals surface area contributed by atoms with Gasteiger partial charge in [-0.15, -0.1) is 4.33 Å². The smallest absolute Gasteiger partial charge is 0.223 e. The number of hydrogen-bond donors (Lipinski definition) is 0. The molecule has 0 amide bonds. The van der Waals surface area contributed by atoms with Crippen LogP contribution in [0.5, 0.6) is 0 Å². The minimum atomic E-state index is -3.39. The van der Waals surface area contributed by atoms with Gasteiger partial charge in [0.2, 0.25) is 0 Å². The molecule has 0 aromatic heterocycles. The molecule has 50 valence electrons. The predicted molar refractivity (Wildman–Crippen MR) is 27.6 cm³/mol. The van der Waals surface area contributed by atoms with Crippen LogP contribution in [0, 0.1) is 0 Å². The lowest BCUT2D eigenvalue weighted by Crippen LogP contribution is -2.06. The summed E-state index contributed by atoms with van der Waals surface area (Å²) in [5.41, 5.74) is 0. The summed E-state index contributed by atoms with van der Waals surface area (Å²) in [4.78, 5) is 3.91. The van der Waals surface area contributed by atoms with Gasteiger partial charge in [0.1, 0.15) is 0 Å². The normalized spacial score (nSPS) is 11.8. The topological polar surface area (TPSA) is 52.6 Å². The molecule has 0 aliphatic heterocycles. The van der Waals surface area contributed by atoms with E-state index in [1.807, 2.05) is 0 Å². The van der Waals surface area contributed by atoms with E-state index in [0.717, 1.165) is 7.11 Å². The van der Waals surface area contributed by atoms with Gasteiger partial charge in [0.25, 0.3) is 10.1 Å². The Morgan fingerprint density at radius 3 is 2.12 bits per heavy atom. The average Bonchev–Trinajstić information content (AvgIpc) is 1.67. The molecular formula is C3H8O4S. The average molecular weight is 140 g/mol. The van der Waals surface area contributed by atoms with E-state index in [4.69, 9.17) is 0 Å². The molecule has 0 unspecified atom stereocenters. The molecule has 0 aliphatic rings. The van der Waals surface area contributed by atoms with Crippen LogP contribution in [-0.2, 0) is 19.3 Å². The molecule has 0 aromatic carbocycles. The minimum absolute atomic E-state index is 0.0686. The third-order valence-electron chi connectivity index (χ3n) is 0.525. The van der Waals surface area contributed by atoms with Gasteiger partial charge >= 0.3 is 0 Å². The van der Waals surface area contributed by atoms with Crippen LogP contribution in [0.1, 0.15) is 6.92 Å². The molecule has 0 aromatic rings. The van der Waals surface area contributed by atoms with E-state index >= 15 is 0 Å². The van der Waals surface area contributed by atoms with Crippen LogP contribution in [0.3, 0.4) is 0 Å². The Hall–Kier alpha value is -0.130. The Kier molecular flexibility index (Phi) is 2.96. The molecule has 4 nitrogen and oxygen atoms in total. The molecule has 5 heteroatoms. The van der Waals surface area contributed by atoms with E-state index in [1.165, 1.54) is 6.92 Å². The summed E-state index contributed by atoms with van der Waals surface area (Å²) >= 11 is 0. The Labute approximate surface area is 48.5 Å². The highest BCUT2D eigenvalue weighted by atomic mass is 32.2. The summed E-state index contributed by atoms with van der Waals surface area (Å²) in [5, 5.41) is 0. The lowest BCUT2D eigenvalue weighted by Gasteiger charge is -1.94. The monoisotopic (exact) mass is 140 g/mol. The second-order valence-corrected chi connectivity index (χ2v) is 2.91. The van der Waals surface area contributed by atoms with Crippen LogP contribution in [0.4, 0.5) is 0 Å². The predicted octanol–water partition coefficient (Wildman–Crippen LogP) is -0.0859. The van der Waals surface area contributed by atoms with Gasteiger partial charge in [0.15, 0.2) is 0 Å². The zero-order valence-electron chi connectivity index (χ0n) is 4.75. The van der Waals surface area contributed by atoms with Gasteiger partial charge in [0.05, 0.1) is 12.9 Å². The zero-order chi connectivity index (χ0) is 6.62. The van der Waals surface area contributed by atoms with Crippen molar-refractivity contribution >= 4 is 10.1 Å². The molecule has 0 bridgehead atoms. The fraction of sp³-hybridized carbons (Fsp3) is 1.00. The van der Waals surface area contributed by atoms with Crippen molar-refractivity contribution in [2.75, 3.05) is 12.9 Å². The van der Waals surface area contributed by atoms with Gasteiger partial charge in [-0.25, -0.2) is 4.89 Å². The number of rotatable bonds is 3. The van der Waals surface area contributed by atoms with Crippen molar-refractivity contribution in [3.05, 3.63) is 0 Å². The summed E-state index contributed by atoms with van der Waals surface area (Å²) in [6, 6.07) is 0. The van der Waals surface area contributed by atoms with Crippen LogP contribution in [0.25, 0.3) is 0 Å². The summed E-state index contributed by atoms with van der Waals surface area (Å²) in [6.45, 7) is 1.47. The molecule has 0 heterocycles. The van der Waals surface area contributed by atoms with Crippen LogP contribution in [0.15, 0.2) is 0 Å². The maximum Gasteiger partial charge on any atom is 0.293 e. The molecule has 0 atom stereocenters. The minimum Gasteiger partial charge on any atom is -0.223 e. The Bertz CT molecular complexity index is 135. The van der Waals surface area contributed by atoms with Crippen molar-refractivity contribution in [1.82, 2.24) is 0 Å². The first kappa shape index (κ1) is 7.87. The van der Waals surface area contributed by atoms with Crippen molar-refractivity contribution < 1.29 is 17.6 Å². The van der Waals surface area contributed by atoms with Crippen molar-refractivity contribution in [1.29, 1.82) is 0 Å². The first-order chi connectivity index (χ1) is 3.62. The molecule has 0 radical (unpaired) electrons. The van der Waals surface area contributed by atoms with E-state index in [0.29, 0.717) is 0 Å². The van der Waals surface area contributed by atoms with E-state index < -0.39 is 10.1 Å². The summed E-state index contributed by atoms with van der Waals surface area (Å²) in [7, 11) is -2.25. The summed E-state index contributed by atoms with van der Waals surface area (Å²) < 4.78 is 24.4. The van der Waals surface area contributed by atoms with Gasteiger partial charge < -0.3 is 0 Å². The van der Waals surface area contributed by atoms with Gasteiger partial charge in [-0.05, 0) is 6.92 Å². The molecule has 8 heavy (non-hydrogen) atoms. The van der Waals surface area contributed by atoms with Crippen molar-refractivity contribution in [2.24, 2.45) is 0 Å². The highest BCUT2D eigenvalue weighted by Gasteiger charge is 2.05. The SMILES string of the molecule is CCS(=O)(=O)OOC. The second-order valence-electron chi connectivity index (χ2n) is 1.08. The molecule has 0 saturated carbocycles. The van der Waals surface area contributed by atoms with E-state index in [2.05, 4.69) is 9.22 Å². The summed E-state index contributed by atoms with van der Waals surface area (Å²) in [6.07, 6.45) is 0. The Morgan fingerprint density at radius 1 is 1.50 bits per heavy atom. The van der Waals surface area contributed by atoms with E-state index in [9.17, 15) is 8.42 Å². The van der Waals surface area contributed by atoms with Crippen molar-refractivity contribution in [3.8, 4) is 0 Å². The van der Waals surface area contributed by atoms with Gasteiger partial charge in [0, 0.05) is 0 Å². The van der Waals surface area contributed by atoms with Crippen molar-refractivity contribution in [2.45, 2.75) is 6.92 Å². The lowest BCUT2D eigenvalue weighted by molar-refractivity contribution is -0.171. The van der Waals surface area contributed by atoms with Crippen LogP contribution in [-0.4, -0.2) is 21.3 Å². The Balaban J connectivity index is 3.76. The number of hydrogen-bond acceptors (Lipinski definition) is 4. The lowest BCUT2D eigenvalue weighted by atomic mass is 11.0. The van der Waals surface area contributed by atoms with Gasteiger partial charge in [-0.3, -0.25) is 0 Å². The van der Waals surface area contributed by atoms with E-state index in [1.54, 1.807) is 0 Å². The zero-order valence-corrected chi connectivity index (χ0v) is 5.56. The Morgan fingerprint density at radius 2 is 2.00 bits per heavy atom. The molecular weight excluding hydrogens is 132 g/mol. The fourth-order valence-electron chi connectivity index (χ4n) is 0.152. The molecule has 0 rings (SSSR count). The maximum absolute atomic E-state index is 10.3. The first-order valence-electron chi connectivity index (χ1n) is 2.07. The van der Waals surface area contributed by atoms with E-state index in [-0.39, 0.29) is 5.75 Å². The quantitative estimate of drug-likeness (QED) is 0.406. The standard InChI is InChI=1S/C3H8O4S/c1-3-8(4,5)7-6-2/h3H2,1-2H3. The highest BCUT2D eigenvalue weighted by Crippen LogP contribution is 1.89. The van der Waals surface area contributed by atoms with Crippen LogP contribution >= 0.6 is 0 Å². The highest BCUT2D eigenvalue weighted by molar-refractivity contribution is 7.86. The fourth-order valence-corrected chi connectivity index (χ4v) is 0.455. The molecule has 0 spiro atoms. The maximum atomic E-state index is 10.3. The van der Waals surface area contributed by atoms with Gasteiger partial charge in [-0.2, -0.15) is 8.42 Å². The first-order valence-corrected chi connectivity index (χ1v) is 3.65. The summed E-state index contributed by atoms with van der Waals surface area (Å²) in [5.74, 6) is -0.0686. The molecule has 0 aliphatic carbocycles. The molecule has 0 fully saturated rings. The molecule has 0 N–H and O–H groups in total. The second kappa shape index (κ2) is 3.01. The van der Waals surface area contributed by atoms with Crippen LogP contribution < -0.4 is 0 Å². The van der Waals surface area contributed by atoms with Crippen molar-refractivity contribution in [3.63, 3.8) is 0 Å². The third kappa shape index (κ3) is 2.95.